The van der Waals surface area contributed by atoms with Gasteiger partial charge in [-0.3, -0.25) is 4.79 Å². The third-order valence-electron chi connectivity index (χ3n) is 3.70. The van der Waals surface area contributed by atoms with E-state index in [0.717, 1.165) is 5.56 Å². The first-order chi connectivity index (χ1) is 11.4. The monoisotopic (exact) mass is 328 g/mol. The maximum Gasteiger partial charge on any atom is 0.267 e. The minimum absolute atomic E-state index is 0.188. The highest BCUT2D eigenvalue weighted by atomic mass is 16.3. The zero-order valence-electron chi connectivity index (χ0n) is 12.6. The van der Waals surface area contributed by atoms with Gasteiger partial charge in [-0.2, -0.15) is 0 Å². The largest absolute Gasteiger partial charge is 0.504 e. The van der Waals surface area contributed by atoms with Gasteiger partial charge in [0.15, 0.2) is 23.0 Å². The first-order valence-electron chi connectivity index (χ1n) is 7.28. The van der Waals surface area contributed by atoms with Crippen LogP contribution in [-0.2, 0) is 6.42 Å². The number of phenolic OH excluding ortho intramolecular Hbond substituents is 4. The Bertz CT molecular complexity index is 878. The van der Waals surface area contributed by atoms with Gasteiger partial charge in [0.25, 0.3) is 5.91 Å². The lowest BCUT2D eigenvalue weighted by Crippen LogP contribution is -2.25. The number of phenols is 4. The summed E-state index contributed by atoms with van der Waals surface area (Å²) in [6.45, 7) is 0.342. The van der Waals surface area contributed by atoms with E-state index in [1.807, 2.05) is 0 Å². The average molecular weight is 328 g/mol. The zero-order chi connectivity index (χ0) is 17.3. The normalized spacial score (nSPS) is 10.8. The number of carbonyl (C=O) groups excluding carboxylic acids is 1. The Kier molecular flexibility index (Phi) is 3.91. The van der Waals surface area contributed by atoms with Crippen molar-refractivity contribution >= 4 is 16.8 Å². The molecule has 3 aromatic rings. The number of aromatic nitrogens is 1. The molecule has 0 aliphatic heterocycles. The highest BCUT2D eigenvalue weighted by Crippen LogP contribution is 2.30. The number of amides is 1. The van der Waals surface area contributed by atoms with Crippen LogP contribution in [0.3, 0.4) is 0 Å². The van der Waals surface area contributed by atoms with Crippen LogP contribution in [0.5, 0.6) is 23.0 Å². The van der Waals surface area contributed by atoms with Crippen molar-refractivity contribution in [2.24, 2.45) is 0 Å². The number of aromatic hydroxyl groups is 4. The van der Waals surface area contributed by atoms with E-state index in [4.69, 9.17) is 0 Å². The topological polar surface area (TPSA) is 126 Å². The molecule has 0 fully saturated rings. The zero-order valence-corrected chi connectivity index (χ0v) is 12.6. The molecule has 6 N–H and O–H groups in total. The fourth-order valence-electron chi connectivity index (χ4n) is 2.42. The molecule has 7 nitrogen and oxygen atoms in total. The van der Waals surface area contributed by atoms with E-state index < -0.39 is 0 Å². The molecule has 1 heterocycles. The van der Waals surface area contributed by atoms with Crippen LogP contribution in [-0.4, -0.2) is 37.9 Å². The fraction of sp³-hybridized carbons (Fsp3) is 0.118. The van der Waals surface area contributed by atoms with Crippen molar-refractivity contribution in [1.82, 2.24) is 10.3 Å². The van der Waals surface area contributed by atoms with Gasteiger partial charge in [0, 0.05) is 23.5 Å². The lowest BCUT2D eigenvalue weighted by molar-refractivity contribution is 0.0950. The molecule has 0 saturated heterocycles. The number of carbonyl (C=O) groups is 1. The molecule has 24 heavy (non-hydrogen) atoms. The van der Waals surface area contributed by atoms with Crippen molar-refractivity contribution in [3.05, 3.63) is 47.7 Å². The van der Waals surface area contributed by atoms with Gasteiger partial charge in [-0.05, 0) is 36.2 Å². The second-order valence-electron chi connectivity index (χ2n) is 5.44. The molecule has 0 unspecified atom stereocenters. The number of benzene rings is 2. The summed E-state index contributed by atoms with van der Waals surface area (Å²) >= 11 is 0. The van der Waals surface area contributed by atoms with Crippen LogP contribution < -0.4 is 5.32 Å². The van der Waals surface area contributed by atoms with Gasteiger partial charge in [-0.25, -0.2) is 0 Å². The van der Waals surface area contributed by atoms with Crippen LogP contribution in [0.15, 0.2) is 36.4 Å². The van der Waals surface area contributed by atoms with Crippen molar-refractivity contribution in [3.63, 3.8) is 0 Å². The van der Waals surface area contributed by atoms with Gasteiger partial charge in [0.2, 0.25) is 0 Å². The first kappa shape index (κ1) is 15.5. The predicted octanol–water partition coefficient (Wildman–Crippen LogP) is 1.96. The Morgan fingerprint density at radius 1 is 0.917 bits per heavy atom. The van der Waals surface area contributed by atoms with Crippen LogP contribution in [0.25, 0.3) is 10.9 Å². The summed E-state index contributed by atoms with van der Waals surface area (Å²) in [4.78, 5) is 15.0. The molecule has 1 amide bonds. The van der Waals surface area contributed by atoms with Gasteiger partial charge in [0.1, 0.15) is 5.69 Å². The third-order valence-corrected chi connectivity index (χ3v) is 3.70. The van der Waals surface area contributed by atoms with Gasteiger partial charge >= 0.3 is 0 Å². The first-order valence-corrected chi connectivity index (χ1v) is 7.28. The fourth-order valence-corrected chi connectivity index (χ4v) is 2.42. The van der Waals surface area contributed by atoms with Crippen molar-refractivity contribution < 1.29 is 25.2 Å². The van der Waals surface area contributed by atoms with Gasteiger partial charge in [0.05, 0.1) is 0 Å². The lowest BCUT2D eigenvalue weighted by atomic mass is 10.1. The second kappa shape index (κ2) is 6.04. The number of hydrogen-bond donors (Lipinski definition) is 6. The summed E-state index contributed by atoms with van der Waals surface area (Å²) in [7, 11) is 0. The molecule has 7 heteroatoms. The molecule has 0 bridgehead atoms. The predicted molar refractivity (Wildman–Crippen MR) is 87.4 cm³/mol. The summed E-state index contributed by atoms with van der Waals surface area (Å²) < 4.78 is 0. The Hall–Kier alpha value is -3.35. The lowest BCUT2D eigenvalue weighted by Gasteiger charge is -2.05. The van der Waals surface area contributed by atoms with Crippen LogP contribution in [0, 0.1) is 0 Å². The maximum absolute atomic E-state index is 12.1. The van der Waals surface area contributed by atoms with E-state index in [2.05, 4.69) is 10.3 Å². The molecule has 0 saturated carbocycles. The molecule has 3 rings (SSSR count). The molecule has 2 aromatic carbocycles. The summed E-state index contributed by atoms with van der Waals surface area (Å²) in [6.07, 6.45) is 0.487. The molecule has 124 valence electrons. The molecule has 0 aliphatic carbocycles. The second-order valence-corrected chi connectivity index (χ2v) is 5.44. The maximum atomic E-state index is 12.1. The van der Waals surface area contributed by atoms with Gasteiger partial charge in [-0.1, -0.05) is 6.07 Å². The van der Waals surface area contributed by atoms with Crippen LogP contribution in [0.4, 0.5) is 0 Å². The molecule has 0 radical (unpaired) electrons. The van der Waals surface area contributed by atoms with Gasteiger partial charge in [-0.15, -0.1) is 0 Å². The third kappa shape index (κ3) is 3.05. The summed E-state index contributed by atoms with van der Waals surface area (Å²) in [6, 6.07) is 8.79. The number of hydrogen-bond acceptors (Lipinski definition) is 5. The van der Waals surface area contributed by atoms with Crippen LogP contribution >= 0.6 is 0 Å². The van der Waals surface area contributed by atoms with Crippen molar-refractivity contribution in [1.29, 1.82) is 0 Å². The summed E-state index contributed by atoms with van der Waals surface area (Å²) in [5, 5.41) is 41.0. The van der Waals surface area contributed by atoms with E-state index >= 15 is 0 Å². The Morgan fingerprint density at radius 2 is 1.62 bits per heavy atom. The number of fused-ring (bicyclic) bond motifs is 1. The highest BCUT2D eigenvalue weighted by Gasteiger charge is 2.11. The molecular formula is C17H16N2O5. The smallest absolute Gasteiger partial charge is 0.267 e. The molecule has 0 atom stereocenters. The number of nitrogens with one attached hydrogen (secondary N) is 2. The van der Waals surface area contributed by atoms with E-state index in [-0.39, 0.29) is 28.9 Å². The molecule has 0 aliphatic rings. The van der Waals surface area contributed by atoms with Crippen molar-refractivity contribution in [2.75, 3.05) is 6.54 Å². The van der Waals surface area contributed by atoms with E-state index in [1.54, 1.807) is 12.1 Å². The summed E-state index contributed by atoms with van der Waals surface area (Å²) in [5.74, 6) is -1.22. The molecular weight excluding hydrogens is 312 g/mol. The van der Waals surface area contributed by atoms with Crippen LogP contribution in [0.1, 0.15) is 16.1 Å². The minimum atomic E-state index is -0.326. The highest BCUT2D eigenvalue weighted by molar-refractivity contribution is 5.98. The molecule has 0 spiro atoms. The molecule has 1 aromatic heterocycles. The van der Waals surface area contributed by atoms with E-state index in [0.29, 0.717) is 29.6 Å². The average Bonchev–Trinajstić information content (AvgIpc) is 2.94. The van der Waals surface area contributed by atoms with Crippen molar-refractivity contribution in [2.45, 2.75) is 6.42 Å². The minimum Gasteiger partial charge on any atom is -0.504 e. The SMILES string of the molecule is O=C(NCCc1ccc(O)c(O)c1)c1cc2cc(O)c(O)cc2[nH]1. The van der Waals surface area contributed by atoms with E-state index in [9.17, 15) is 25.2 Å². The number of rotatable bonds is 4. The number of aromatic amines is 1. The van der Waals surface area contributed by atoms with Gasteiger partial charge < -0.3 is 30.7 Å². The van der Waals surface area contributed by atoms with Crippen LogP contribution in [0.2, 0.25) is 0 Å². The Labute approximate surface area is 136 Å². The number of H-pyrrole nitrogens is 1. The van der Waals surface area contributed by atoms with E-state index in [1.165, 1.54) is 24.3 Å². The quantitative estimate of drug-likeness (QED) is 0.408. The standard InChI is InChI=1S/C17H16N2O5/c20-13-2-1-9(5-14(13)21)3-4-18-17(24)12-6-10-7-15(22)16(23)8-11(10)19-12/h1-2,5-8,19-23H,3-4H2,(H,18,24). The van der Waals surface area contributed by atoms with Crippen molar-refractivity contribution in [3.8, 4) is 23.0 Å². The Balaban J connectivity index is 1.65. The summed E-state index contributed by atoms with van der Waals surface area (Å²) in [5.41, 5.74) is 1.62. The Morgan fingerprint density at radius 3 is 2.38 bits per heavy atom.